The Balaban J connectivity index is -0.0000000450. The molecule has 0 bridgehead atoms. The molecule has 0 fully saturated rings. The average Bonchev–Trinajstić information content (AvgIpc) is 0.811. The van der Waals surface area contributed by atoms with Gasteiger partial charge in [0.15, 0.2) is 0 Å². The van der Waals surface area contributed by atoms with Crippen molar-refractivity contribution in [3.8, 4) is 0 Å². The minimum absolute atomic E-state index is 0. The molecule has 6 heavy (non-hydrogen) atoms. The van der Waals surface area contributed by atoms with E-state index in [1.165, 1.54) is 0 Å². The van der Waals surface area contributed by atoms with Crippen molar-refractivity contribution in [3.63, 3.8) is 0 Å². The molecule has 0 aliphatic carbocycles. The van der Waals surface area contributed by atoms with Crippen LogP contribution in [0.3, 0.4) is 0 Å². The van der Waals surface area contributed by atoms with E-state index in [1.54, 1.807) is 0 Å². The van der Waals surface area contributed by atoms with Gasteiger partial charge in [-0.1, -0.05) is 0 Å². The molecule has 0 amide bonds. The van der Waals surface area contributed by atoms with Crippen LogP contribution in [-0.2, 0) is 26.2 Å². The Hall–Kier alpha value is 1.36. The number of hydrogen-bond acceptors (Lipinski definition) is 3. The fourth-order valence-corrected chi connectivity index (χ4v) is 0. The van der Waals surface area contributed by atoms with Crippen LogP contribution < -0.4 is 15.1 Å². The van der Waals surface area contributed by atoms with Crippen LogP contribution in [-0.4, -0.2) is 24.7 Å². The average molecular weight is 177 g/mol. The van der Waals surface area contributed by atoms with Crippen molar-refractivity contribution in [2.24, 2.45) is 0 Å². The van der Waals surface area contributed by atoms with Gasteiger partial charge in [-0.15, -0.1) is 0 Å². The largest absolute Gasteiger partial charge is 3.00 e. The molecule has 0 N–H and O–H groups in total. The van der Waals surface area contributed by atoms with Crippen LogP contribution in [0.4, 0.5) is 0 Å². The predicted octanol–water partition coefficient (Wildman–Crippen LogP) is -4.33. The van der Waals surface area contributed by atoms with Crippen molar-refractivity contribution in [2.75, 3.05) is 0 Å². The van der Waals surface area contributed by atoms with Gasteiger partial charge in [-0.05, 0) is 0 Å². The first-order valence-corrected chi connectivity index (χ1v) is 0.707. The molecule has 0 spiro atoms. The Labute approximate surface area is 65.8 Å². The summed E-state index contributed by atoms with van der Waals surface area (Å²) in [6.07, 6.45) is 0. The van der Waals surface area contributed by atoms with Gasteiger partial charge in [-0.3, -0.25) is 7.32 Å². The van der Waals surface area contributed by atoms with E-state index in [9.17, 15) is 0 Å². The predicted molar refractivity (Wildman–Crippen MR) is 11.5 cm³/mol. The molecule has 0 unspecified atom stereocenters. The first-order chi connectivity index (χ1) is 1.73. The van der Waals surface area contributed by atoms with Crippen LogP contribution in [0.25, 0.3) is 0 Å². The Morgan fingerprint density at radius 3 is 1.00 bits per heavy atom. The van der Waals surface area contributed by atoms with Crippen LogP contribution in [0.5, 0.6) is 0 Å². The zero-order valence-corrected chi connectivity index (χ0v) is 6.49. The third kappa shape index (κ3) is 55.1. The molecule has 0 saturated heterocycles. The van der Waals surface area contributed by atoms with Gasteiger partial charge >= 0.3 is 43.6 Å². The zero-order valence-electron chi connectivity index (χ0n) is 2.88. The Kier molecular flexibility index (Phi) is 25.1. The monoisotopic (exact) mass is 176 g/mol. The molecule has 0 aromatic heterocycles. The van der Waals surface area contributed by atoms with E-state index in [0.717, 1.165) is 0 Å². The fraction of sp³-hybridized carbons (Fsp3) is 0. The van der Waals surface area contributed by atoms with Gasteiger partial charge in [0.2, 0.25) is 0 Å². The van der Waals surface area contributed by atoms with Gasteiger partial charge < -0.3 is 15.1 Å². The maximum absolute atomic E-state index is 8.42. The van der Waals surface area contributed by atoms with Crippen molar-refractivity contribution < 1.29 is 41.3 Å². The van der Waals surface area contributed by atoms with Crippen LogP contribution in [0.2, 0.25) is 0 Å². The molecule has 0 aliphatic rings. The molecular weight excluding hydrogens is 177 g/mol. The molecule has 0 saturated carbocycles. The Morgan fingerprint density at radius 1 is 1.00 bits per heavy atom. The van der Waals surface area contributed by atoms with Crippen LogP contribution in [0, 0.1) is 0 Å². The maximum Gasteiger partial charge on any atom is 3.00 e. The van der Waals surface area contributed by atoms with E-state index in [2.05, 4.69) is 0 Å². The molecule has 0 radical (unpaired) electrons. The molecule has 0 atom stereocenters. The minimum atomic E-state index is -2.92. The van der Waals surface area contributed by atoms with E-state index in [1.807, 2.05) is 0 Å². The molecule has 0 aromatic rings. The summed E-state index contributed by atoms with van der Waals surface area (Å²) >= 11 is 0. The van der Waals surface area contributed by atoms with E-state index >= 15 is 0 Å². The van der Waals surface area contributed by atoms with Crippen molar-refractivity contribution in [1.29, 1.82) is 0 Å². The second-order valence-electron chi connectivity index (χ2n) is 0.289. The molecule has 26 valence electrons. The normalized spacial score (nSPS) is 4.50. The molecular formula is AlBO3Zr+2. The van der Waals surface area contributed by atoms with E-state index in [0.29, 0.717) is 0 Å². The quantitative estimate of drug-likeness (QED) is 0.351. The number of hydrogen-bond donors (Lipinski definition) is 0. The van der Waals surface area contributed by atoms with Gasteiger partial charge in [-0.25, -0.2) is 0 Å². The standard InChI is InChI=1S/Al.BO3.Zr/c;2-1(3)4;/q+3;-3;+2. The molecule has 0 aromatic carbocycles. The molecule has 6 heteroatoms. The first-order valence-electron chi connectivity index (χ1n) is 0.707. The molecule has 0 heterocycles. The Morgan fingerprint density at radius 2 is 1.00 bits per heavy atom. The summed E-state index contributed by atoms with van der Waals surface area (Å²) in [6.45, 7) is 0. The summed E-state index contributed by atoms with van der Waals surface area (Å²) in [5.74, 6) is 0. The topological polar surface area (TPSA) is 69.2 Å². The Bertz CT molecular complexity index is 15.5. The summed E-state index contributed by atoms with van der Waals surface area (Å²) in [5, 5.41) is 25.2. The third-order valence-electron chi connectivity index (χ3n) is 0. The van der Waals surface area contributed by atoms with Crippen molar-refractivity contribution in [1.82, 2.24) is 0 Å². The van der Waals surface area contributed by atoms with E-state index < -0.39 is 7.32 Å². The fourth-order valence-electron chi connectivity index (χ4n) is 0. The molecule has 0 aliphatic heterocycles. The molecule has 3 nitrogen and oxygen atoms in total. The van der Waals surface area contributed by atoms with Gasteiger partial charge in [0.05, 0.1) is 0 Å². The molecule has 0 rings (SSSR count). The number of rotatable bonds is 0. The summed E-state index contributed by atoms with van der Waals surface area (Å²) in [4.78, 5) is 0. The smallest absolute Gasteiger partial charge is 0.907 e. The summed E-state index contributed by atoms with van der Waals surface area (Å²) in [6, 6.07) is 0. The first kappa shape index (κ1) is 15.7. The van der Waals surface area contributed by atoms with Crippen molar-refractivity contribution >= 4 is 24.7 Å². The van der Waals surface area contributed by atoms with Gasteiger partial charge in [0.25, 0.3) is 0 Å². The van der Waals surface area contributed by atoms with E-state index in [4.69, 9.17) is 15.1 Å². The SMILES string of the molecule is [Al+3].[O-]B([O-])[O-].[Zr+2]. The van der Waals surface area contributed by atoms with Crippen LogP contribution >= 0.6 is 0 Å². The zero-order chi connectivity index (χ0) is 3.58. The van der Waals surface area contributed by atoms with E-state index in [-0.39, 0.29) is 43.6 Å². The summed E-state index contributed by atoms with van der Waals surface area (Å²) in [5.41, 5.74) is 0. The second kappa shape index (κ2) is 9.61. The second-order valence-corrected chi connectivity index (χ2v) is 0.289. The summed E-state index contributed by atoms with van der Waals surface area (Å²) in [7, 11) is -2.92. The van der Waals surface area contributed by atoms with Gasteiger partial charge in [0, 0.05) is 0 Å². The summed E-state index contributed by atoms with van der Waals surface area (Å²) < 4.78 is 0. The van der Waals surface area contributed by atoms with Gasteiger partial charge in [0.1, 0.15) is 0 Å². The van der Waals surface area contributed by atoms with Crippen molar-refractivity contribution in [2.45, 2.75) is 0 Å². The third-order valence-corrected chi connectivity index (χ3v) is 0. The van der Waals surface area contributed by atoms with Crippen molar-refractivity contribution in [3.05, 3.63) is 0 Å². The van der Waals surface area contributed by atoms with Crippen LogP contribution in [0.15, 0.2) is 0 Å². The van der Waals surface area contributed by atoms with Gasteiger partial charge in [-0.2, -0.15) is 0 Å². The minimum Gasteiger partial charge on any atom is -0.907 e. The van der Waals surface area contributed by atoms with Crippen LogP contribution in [0.1, 0.15) is 0 Å². The maximum atomic E-state index is 8.42.